The maximum atomic E-state index is 12.8. The second kappa shape index (κ2) is 8.54. The van der Waals surface area contributed by atoms with E-state index in [9.17, 15) is 13.2 Å². The van der Waals surface area contributed by atoms with Crippen molar-refractivity contribution in [3.05, 3.63) is 72.3 Å². The van der Waals surface area contributed by atoms with Crippen LogP contribution in [0.5, 0.6) is 0 Å². The summed E-state index contributed by atoms with van der Waals surface area (Å²) in [6.45, 7) is 3.95. The lowest BCUT2D eigenvalue weighted by Gasteiger charge is -2.25. The number of aromatic nitrogens is 3. The van der Waals surface area contributed by atoms with Crippen molar-refractivity contribution in [1.82, 2.24) is 24.4 Å². The average molecular weight is 414 g/mol. The quantitative estimate of drug-likeness (QED) is 0.641. The molecule has 0 spiro atoms. The number of carbonyl (C=O) groups excluding carboxylic acids is 1. The molecule has 0 unspecified atom stereocenters. The van der Waals surface area contributed by atoms with Crippen molar-refractivity contribution in [1.29, 1.82) is 0 Å². The minimum atomic E-state index is -3.54. The van der Waals surface area contributed by atoms with Crippen LogP contribution in [0, 0.1) is 0 Å². The lowest BCUT2D eigenvalue weighted by Crippen LogP contribution is -2.29. The first-order valence-electron chi connectivity index (χ1n) is 9.15. The fraction of sp³-hybridized carbons (Fsp3) is 0.250. The molecule has 0 saturated heterocycles. The Kier molecular flexibility index (Phi) is 6.09. The maximum Gasteiger partial charge on any atom is 0.254 e. The smallest absolute Gasteiger partial charge is 0.254 e. The van der Waals surface area contributed by atoms with Crippen molar-refractivity contribution in [2.45, 2.75) is 24.8 Å². The van der Waals surface area contributed by atoms with Gasteiger partial charge in [0.15, 0.2) is 0 Å². The summed E-state index contributed by atoms with van der Waals surface area (Å²) >= 11 is 0. The molecule has 1 N–H and O–H groups in total. The van der Waals surface area contributed by atoms with E-state index in [0.29, 0.717) is 12.1 Å². The summed E-state index contributed by atoms with van der Waals surface area (Å²) in [5.41, 5.74) is 2.27. The summed E-state index contributed by atoms with van der Waals surface area (Å²) in [6, 6.07) is 13.5. The van der Waals surface area contributed by atoms with Crippen molar-refractivity contribution < 1.29 is 13.2 Å². The summed E-state index contributed by atoms with van der Waals surface area (Å²) in [6.07, 6.45) is 3.09. The Labute approximate surface area is 170 Å². The molecule has 3 aromatic rings. The van der Waals surface area contributed by atoms with E-state index in [1.807, 2.05) is 31.2 Å². The molecule has 0 aliphatic carbocycles. The summed E-state index contributed by atoms with van der Waals surface area (Å²) in [4.78, 5) is 18.5. The molecule has 0 bridgehead atoms. The number of hydrogen-bond acceptors (Lipinski definition) is 5. The zero-order chi connectivity index (χ0) is 21.0. The molecule has 9 heteroatoms. The standard InChI is InChI=1S/C20H23N5O3S/c1-4-23-29(27,28)19-11-7-17(8-12-19)20(26)24(3)15(2)16-5-9-18(10-6-16)25-14-21-13-22-25/h5-15,23H,4H2,1-3H3/t15-/m1/s1. The third-order valence-corrected chi connectivity index (χ3v) is 6.27. The van der Waals surface area contributed by atoms with Crippen molar-refractivity contribution in [2.24, 2.45) is 0 Å². The molecular formula is C20H23N5O3S. The molecule has 1 atom stereocenters. The second-order valence-electron chi connectivity index (χ2n) is 6.55. The molecule has 1 amide bonds. The first kappa shape index (κ1) is 20.7. The monoisotopic (exact) mass is 413 g/mol. The number of sulfonamides is 1. The predicted molar refractivity (Wildman–Crippen MR) is 109 cm³/mol. The van der Waals surface area contributed by atoms with Gasteiger partial charge >= 0.3 is 0 Å². The largest absolute Gasteiger partial charge is 0.335 e. The third-order valence-electron chi connectivity index (χ3n) is 4.71. The molecule has 1 aromatic heterocycles. The van der Waals surface area contributed by atoms with Crippen LogP contribution in [0.1, 0.15) is 35.8 Å². The molecule has 29 heavy (non-hydrogen) atoms. The average Bonchev–Trinajstić information content (AvgIpc) is 3.27. The van der Waals surface area contributed by atoms with Gasteiger partial charge in [0.2, 0.25) is 10.0 Å². The number of hydrogen-bond donors (Lipinski definition) is 1. The molecule has 1 heterocycles. The molecule has 0 fully saturated rings. The summed E-state index contributed by atoms with van der Waals surface area (Å²) < 4.78 is 28.2. The van der Waals surface area contributed by atoms with E-state index >= 15 is 0 Å². The fourth-order valence-electron chi connectivity index (χ4n) is 2.90. The SMILES string of the molecule is CCNS(=O)(=O)c1ccc(C(=O)N(C)[C@H](C)c2ccc(-n3cncn3)cc2)cc1. The molecule has 8 nitrogen and oxygen atoms in total. The normalized spacial score (nSPS) is 12.5. The number of rotatable bonds is 7. The Balaban J connectivity index is 1.74. The van der Waals surface area contributed by atoms with Crippen LogP contribution in [-0.4, -0.2) is 47.6 Å². The van der Waals surface area contributed by atoms with E-state index < -0.39 is 10.0 Å². The summed E-state index contributed by atoms with van der Waals surface area (Å²) in [7, 11) is -1.82. The third kappa shape index (κ3) is 4.52. The zero-order valence-corrected chi connectivity index (χ0v) is 17.3. The van der Waals surface area contributed by atoms with Gasteiger partial charge in [0, 0.05) is 19.2 Å². The van der Waals surface area contributed by atoms with E-state index in [4.69, 9.17) is 0 Å². The number of amides is 1. The van der Waals surface area contributed by atoms with Crippen LogP contribution in [0.4, 0.5) is 0 Å². The molecule has 3 rings (SSSR count). The fourth-order valence-corrected chi connectivity index (χ4v) is 3.94. The predicted octanol–water partition coefficient (Wildman–Crippen LogP) is 2.40. The Morgan fingerprint density at radius 1 is 1.14 bits per heavy atom. The lowest BCUT2D eigenvalue weighted by atomic mass is 10.1. The van der Waals surface area contributed by atoms with Crippen molar-refractivity contribution in [3.63, 3.8) is 0 Å². The Morgan fingerprint density at radius 3 is 2.34 bits per heavy atom. The topological polar surface area (TPSA) is 97.2 Å². The molecule has 0 aliphatic rings. The molecule has 0 aliphatic heterocycles. The van der Waals surface area contributed by atoms with Gasteiger partial charge in [-0.3, -0.25) is 4.79 Å². The minimum absolute atomic E-state index is 0.135. The van der Waals surface area contributed by atoms with Crippen LogP contribution in [0.25, 0.3) is 5.69 Å². The van der Waals surface area contributed by atoms with E-state index in [1.54, 1.807) is 29.9 Å². The van der Waals surface area contributed by atoms with E-state index in [2.05, 4.69) is 14.8 Å². The molecular weight excluding hydrogens is 390 g/mol. The Bertz CT molecular complexity index is 1060. The number of carbonyl (C=O) groups is 1. The molecule has 152 valence electrons. The van der Waals surface area contributed by atoms with Gasteiger partial charge < -0.3 is 4.90 Å². The highest BCUT2D eigenvalue weighted by Gasteiger charge is 2.20. The van der Waals surface area contributed by atoms with Crippen LogP contribution < -0.4 is 4.72 Å². The summed E-state index contributed by atoms with van der Waals surface area (Å²) in [5.74, 6) is -0.190. The Hall–Kier alpha value is -3.04. The number of nitrogens with one attached hydrogen (secondary N) is 1. The summed E-state index contributed by atoms with van der Waals surface area (Å²) in [5, 5.41) is 4.09. The van der Waals surface area contributed by atoms with E-state index in [0.717, 1.165) is 11.3 Å². The van der Waals surface area contributed by atoms with Crippen LogP contribution >= 0.6 is 0 Å². The van der Waals surface area contributed by atoms with Gasteiger partial charge in [-0.05, 0) is 48.9 Å². The van der Waals surface area contributed by atoms with E-state index in [1.165, 1.54) is 30.6 Å². The van der Waals surface area contributed by atoms with Crippen LogP contribution in [0.2, 0.25) is 0 Å². The van der Waals surface area contributed by atoms with Crippen molar-refractivity contribution in [2.75, 3.05) is 13.6 Å². The van der Waals surface area contributed by atoms with Gasteiger partial charge in [0.1, 0.15) is 12.7 Å². The van der Waals surface area contributed by atoms with Gasteiger partial charge in [-0.1, -0.05) is 19.1 Å². The first-order chi connectivity index (χ1) is 13.8. The maximum absolute atomic E-state index is 12.8. The van der Waals surface area contributed by atoms with E-state index in [-0.39, 0.29) is 16.8 Å². The van der Waals surface area contributed by atoms with Gasteiger partial charge in [-0.15, -0.1) is 0 Å². The first-order valence-corrected chi connectivity index (χ1v) is 10.6. The molecule has 0 radical (unpaired) electrons. The van der Waals surface area contributed by atoms with Crippen LogP contribution in [-0.2, 0) is 10.0 Å². The molecule has 2 aromatic carbocycles. The highest BCUT2D eigenvalue weighted by atomic mass is 32.2. The Morgan fingerprint density at radius 2 is 1.79 bits per heavy atom. The van der Waals surface area contributed by atoms with Gasteiger partial charge in [0.25, 0.3) is 5.91 Å². The van der Waals surface area contributed by atoms with Crippen molar-refractivity contribution in [3.8, 4) is 5.69 Å². The molecule has 0 saturated carbocycles. The van der Waals surface area contributed by atoms with Crippen molar-refractivity contribution >= 4 is 15.9 Å². The zero-order valence-electron chi connectivity index (χ0n) is 16.5. The lowest BCUT2D eigenvalue weighted by molar-refractivity contribution is 0.0742. The van der Waals surface area contributed by atoms with Gasteiger partial charge in [0.05, 0.1) is 16.6 Å². The van der Waals surface area contributed by atoms with Gasteiger partial charge in [-0.25, -0.2) is 22.8 Å². The van der Waals surface area contributed by atoms with Crippen LogP contribution in [0.3, 0.4) is 0 Å². The van der Waals surface area contributed by atoms with Crippen LogP contribution in [0.15, 0.2) is 66.1 Å². The highest BCUT2D eigenvalue weighted by Crippen LogP contribution is 2.22. The van der Waals surface area contributed by atoms with Gasteiger partial charge in [-0.2, -0.15) is 5.10 Å². The number of benzene rings is 2. The minimum Gasteiger partial charge on any atom is -0.335 e. The number of nitrogens with zero attached hydrogens (tertiary/aromatic N) is 4. The second-order valence-corrected chi connectivity index (χ2v) is 8.32. The highest BCUT2D eigenvalue weighted by molar-refractivity contribution is 7.89.